The third-order valence-corrected chi connectivity index (χ3v) is 13.8. The Kier molecular flexibility index (Phi) is 16.2. The van der Waals surface area contributed by atoms with Gasteiger partial charge in [0.15, 0.2) is 12.3 Å². The lowest BCUT2D eigenvalue weighted by molar-refractivity contribution is -0.441. The summed E-state index contributed by atoms with van der Waals surface area (Å²) in [6, 6.07) is 9.23. The van der Waals surface area contributed by atoms with Crippen LogP contribution in [0.2, 0.25) is 0 Å². The third-order valence-electron chi connectivity index (χ3n) is 10.9. The highest BCUT2D eigenvalue weighted by atomic mass is 32.2. The van der Waals surface area contributed by atoms with Gasteiger partial charge in [0.05, 0.1) is 28.1 Å². The quantitative estimate of drug-likeness (QED) is 0.0387. The molecule has 0 radical (unpaired) electrons. The van der Waals surface area contributed by atoms with Crippen LogP contribution in [0.25, 0.3) is 0 Å². The lowest BCUT2D eigenvalue weighted by atomic mass is 9.76. The molecular formula is C41H55N2O13S3+. The van der Waals surface area contributed by atoms with Crippen molar-refractivity contribution >= 4 is 53.4 Å². The van der Waals surface area contributed by atoms with E-state index in [1.54, 1.807) is 44.6 Å². The van der Waals surface area contributed by atoms with Crippen molar-refractivity contribution in [3.05, 3.63) is 95.8 Å². The van der Waals surface area contributed by atoms with Crippen molar-refractivity contribution in [3.8, 4) is 0 Å². The zero-order chi connectivity index (χ0) is 43.6. The number of unbranched alkanes of at least 4 members (excludes halogenated alkanes) is 2. The highest BCUT2D eigenvalue weighted by Crippen LogP contribution is 2.51. The number of methoxy groups -OCH3 is 2. The number of carboxylic acids is 1. The summed E-state index contributed by atoms with van der Waals surface area (Å²) in [5, 5.41) is 9.11. The maximum absolute atomic E-state index is 12.7. The number of carboxylic acid groups (broad SMARTS) is 1. The fourth-order valence-corrected chi connectivity index (χ4v) is 9.49. The van der Waals surface area contributed by atoms with Crippen molar-refractivity contribution < 1.29 is 62.5 Å². The van der Waals surface area contributed by atoms with E-state index < -0.39 is 52.9 Å². The van der Waals surface area contributed by atoms with E-state index in [4.69, 9.17) is 18.8 Å². The van der Waals surface area contributed by atoms with Crippen molar-refractivity contribution in [2.24, 2.45) is 0 Å². The van der Waals surface area contributed by atoms with E-state index in [2.05, 4.69) is 4.90 Å². The smallest absolute Gasteiger partial charge is 0.303 e. The van der Waals surface area contributed by atoms with Crippen LogP contribution in [0.15, 0.2) is 94.4 Å². The second-order valence-corrected chi connectivity index (χ2v) is 19.5. The fraction of sp³-hybridized carbons (Fsp3) is 0.463. The number of anilines is 1. The van der Waals surface area contributed by atoms with Gasteiger partial charge in [0, 0.05) is 68.3 Å². The molecule has 2 atom stereocenters. The summed E-state index contributed by atoms with van der Waals surface area (Å²) in [7, 11) is -8.51. The average molecular weight is 880 g/mol. The van der Waals surface area contributed by atoms with Gasteiger partial charge in [-0.05, 0) is 87.9 Å². The second-order valence-electron chi connectivity index (χ2n) is 14.8. The van der Waals surface area contributed by atoms with Gasteiger partial charge in [-0.25, -0.2) is 0 Å². The fourth-order valence-electron chi connectivity index (χ4n) is 7.79. The standard InChI is InChI=1S/C41H54N2O13S3/c1-40(22-14-28-57(46,47)48)33-29-31(58(49,50)51)18-20-36(33)43(25-27-55-4)37(40)15-10-7-6-8-11-16-38-41(2,23-26-54-3)34-30-32(59(52,53)56-5)19-21-35(34)42(38)24-13-9-12-17-39(44)45/h6-8,10-11,15-16,18-21,29-30H,9,12-14,17,22-28H2,1-5H3,(H2-,44,45,46,47,48,49,50,51)/p+1. The van der Waals surface area contributed by atoms with Gasteiger partial charge >= 0.3 is 5.97 Å². The number of benzene rings is 2. The molecule has 18 heteroatoms. The predicted octanol–water partition coefficient (Wildman–Crippen LogP) is 5.95. The number of fused-ring (bicyclic) bond motifs is 2. The SMILES string of the molecule is COCC[N+]1=C(C=CC=CC=CC=C2N(CCCCCC(=O)O)c3ccc(S(=O)(=O)OC)cc3C2(C)CCOC)C(C)(CCCS(=O)(=O)O)c2cc(S(=O)(=O)O)ccc21. The lowest BCUT2D eigenvalue weighted by Crippen LogP contribution is -2.32. The van der Waals surface area contributed by atoms with E-state index in [1.807, 2.05) is 48.8 Å². The largest absolute Gasteiger partial charge is 0.481 e. The molecule has 0 saturated carbocycles. The molecule has 59 heavy (non-hydrogen) atoms. The van der Waals surface area contributed by atoms with E-state index in [9.17, 15) is 39.2 Å². The molecule has 0 fully saturated rings. The van der Waals surface area contributed by atoms with Gasteiger partial charge in [0.1, 0.15) is 6.61 Å². The first-order valence-electron chi connectivity index (χ1n) is 19.1. The summed E-state index contributed by atoms with van der Waals surface area (Å²) in [6.07, 6.45) is 15.8. The molecule has 324 valence electrons. The number of hydrogen-bond donors (Lipinski definition) is 3. The van der Waals surface area contributed by atoms with Crippen molar-refractivity contribution in [2.75, 3.05) is 58.3 Å². The van der Waals surface area contributed by atoms with Gasteiger partial charge in [0.2, 0.25) is 5.69 Å². The summed E-state index contributed by atoms with van der Waals surface area (Å²) in [4.78, 5) is 13.0. The van der Waals surface area contributed by atoms with Crippen LogP contribution in [0.1, 0.15) is 69.9 Å². The highest BCUT2D eigenvalue weighted by Gasteiger charge is 2.48. The first-order chi connectivity index (χ1) is 27.7. The Hall–Kier alpha value is -4.01. The number of ether oxygens (including phenoxy) is 2. The molecule has 2 aromatic rings. The summed E-state index contributed by atoms with van der Waals surface area (Å²) in [5.41, 5.74) is 2.95. The number of rotatable bonds is 23. The topological polar surface area (TPSA) is 214 Å². The van der Waals surface area contributed by atoms with Gasteiger partial charge in [-0.3, -0.25) is 18.1 Å². The van der Waals surface area contributed by atoms with Gasteiger partial charge in [0.25, 0.3) is 30.4 Å². The zero-order valence-electron chi connectivity index (χ0n) is 34.0. The molecule has 0 aliphatic carbocycles. The van der Waals surface area contributed by atoms with Crippen molar-refractivity contribution in [1.29, 1.82) is 0 Å². The molecule has 2 aliphatic rings. The minimum Gasteiger partial charge on any atom is -0.481 e. The maximum atomic E-state index is 12.7. The molecule has 3 N–H and O–H groups in total. The lowest BCUT2D eigenvalue weighted by Gasteiger charge is -2.30. The molecule has 4 rings (SSSR count). The van der Waals surface area contributed by atoms with Crippen LogP contribution < -0.4 is 4.90 Å². The molecule has 2 unspecified atom stereocenters. The van der Waals surface area contributed by atoms with Crippen LogP contribution in [-0.4, -0.2) is 109 Å². The van der Waals surface area contributed by atoms with E-state index in [1.165, 1.54) is 18.2 Å². The molecule has 0 amide bonds. The van der Waals surface area contributed by atoms with Crippen LogP contribution in [0.4, 0.5) is 11.4 Å². The average Bonchev–Trinajstić information content (AvgIpc) is 3.54. The summed E-state index contributed by atoms with van der Waals surface area (Å²) in [5.74, 6) is -1.34. The second kappa shape index (κ2) is 20.0. The number of allylic oxidation sites excluding steroid dienone is 8. The zero-order valence-corrected chi connectivity index (χ0v) is 36.5. The van der Waals surface area contributed by atoms with Crippen molar-refractivity contribution in [1.82, 2.24) is 0 Å². The molecule has 15 nitrogen and oxygen atoms in total. The first-order valence-corrected chi connectivity index (χ1v) is 23.6. The Morgan fingerprint density at radius 2 is 1.44 bits per heavy atom. The monoisotopic (exact) mass is 879 g/mol. The molecule has 2 aliphatic heterocycles. The van der Waals surface area contributed by atoms with Gasteiger partial charge < -0.3 is 19.5 Å². The molecule has 0 aromatic heterocycles. The third kappa shape index (κ3) is 11.6. The van der Waals surface area contributed by atoms with Crippen LogP contribution in [-0.2, 0) is 59.6 Å². The minimum absolute atomic E-state index is 0.0349. The molecule has 2 heterocycles. The predicted molar refractivity (Wildman–Crippen MR) is 224 cm³/mol. The Morgan fingerprint density at radius 1 is 0.780 bits per heavy atom. The van der Waals surface area contributed by atoms with Crippen LogP contribution in [0.5, 0.6) is 0 Å². The Morgan fingerprint density at radius 3 is 2.08 bits per heavy atom. The van der Waals surface area contributed by atoms with Gasteiger partial charge in [-0.1, -0.05) is 36.8 Å². The van der Waals surface area contributed by atoms with Gasteiger partial charge in [-0.2, -0.15) is 29.8 Å². The number of carbonyl (C=O) groups is 1. The highest BCUT2D eigenvalue weighted by molar-refractivity contribution is 7.86. The van der Waals surface area contributed by atoms with E-state index in [0.29, 0.717) is 63.2 Å². The van der Waals surface area contributed by atoms with Gasteiger partial charge in [-0.15, -0.1) is 0 Å². The summed E-state index contributed by atoms with van der Waals surface area (Å²) >= 11 is 0. The molecule has 0 spiro atoms. The molecule has 0 saturated heterocycles. The summed E-state index contributed by atoms with van der Waals surface area (Å²) < 4.78 is 110. The van der Waals surface area contributed by atoms with Crippen LogP contribution in [0, 0.1) is 0 Å². The van der Waals surface area contributed by atoms with E-state index in [-0.39, 0.29) is 29.1 Å². The maximum Gasteiger partial charge on any atom is 0.303 e. The van der Waals surface area contributed by atoms with E-state index in [0.717, 1.165) is 29.8 Å². The van der Waals surface area contributed by atoms with Crippen LogP contribution in [0.3, 0.4) is 0 Å². The van der Waals surface area contributed by atoms with Crippen LogP contribution >= 0.6 is 0 Å². The minimum atomic E-state index is -4.54. The molecular weight excluding hydrogens is 825 g/mol. The summed E-state index contributed by atoms with van der Waals surface area (Å²) in [6.45, 7) is 5.57. The number of aliphatic carboxylic acids is 1. The molecule has 2 aromatic carbocycles. The Balaban J connectivity index is 1.70. The van der Waals surface area contributed by atoms with Crippen molar-refractivity contribution in [3.63, 3.8) is 0 Å². The Bertz CT molecular complexity index is 2350. The normalized spacial score (nSPS) is 20.5. The number of nitrogens with zero attached hydrogens (tertiary/aromatic N) is 2. The van der Waals surface area contributed by atoms with Crippen molar-refractivity contribution in [2.45, 2.75) is 79.4 Å². The first kappa shape index (κ1) is 47.7. The molecule has 0 bridgehead atoms. The van der Waals surface area contributed by atoms with E-state index >= 15 is 0 Å². The number of hydrogen-bond acceptors (Lipinski definition) is 11. The Labute approximate surface area is 348 Å².